The Kier molecular flexibility index (Phi) is 4.20. The third kappa shape index (κ3) is 3.47. The number of ether oxygens (including phenoxy) is 1. The molecule has 0 spiro atoms. The zero-order valence-electron chi connectivity index (χ0n) is 11.3. The fourth-order valence-electron chi connectivity index (χ4n) is 1.59. The van der Waals surface area contributed by atoms with Gasteiger partial charge >= 0.3 is 0 Å². The second-order valence-electron chi connectivity index (χ2n) is 4.43. The first kappa shape index (κ1) is 13.9. The number of benzene rings is 1. The Morgan fingerprint density at radius 1 is 1.30 bits per heavy atom. The van der Waals surface area contributed by atoms with Crippen LogP contribution >= 0.6 is 0 Å². The molecule has 104 valence electrons. The first-order valence-corrected chi connectivity index (χ1v) is 6.24. The van der Waals surface area contributed by atoms with Gasteiger partial charge in [0.05, 0.1) is 0 Å². The average Bonchev–Trinajstić information content (AvgIpc) is 2.44. The fourth-order valence-corrected chi connectivity index (χ4v) is 1.59. The minimum Gasteiger partial charge on any atom is -0.504 e. The van der Waals surface area contributed by atoms with Gasteiger partial charge in [-0.2, -0.15) is 0 Å². The van der Waals surface area contributed by atoms with Gasteiger partial charge < -0.3 is 15.2 Å². The SMILES string of the molecule is Cc1ccc(OC(C)C(=O)Nc2ncccc2O)cc1. The third-order valence-corrected chi connectivity index (χ3v) is 2.73. The molecule has 2 rings (SSSR count). The number of carbonyl (C=O) groups excluding carboxylic acids is 1. The Morgan fingerprint density at radius 3 is 2.65 bits per heavy atom. The van der Waals surface area contributed by atoms with Gasteiger partial charge in [-0.05, 0) is 38.1 Å². The number of aromatic nitrogens is 1. The number of rotatable bonds is 4. The van der Waals surface area contributed by atoms with E-state index in [2.05, 4.69) is 10.3 Å². The van der Waals surface area contributed by atoms with Gasteiger partial charge in [-0.3, -0.25) is 4.79 Å². The van der Waals surface area contributed by atoms with Crippen LogP contribution in [0.15, 0.2) is 42.6 Å². The molecule has 0 aliphatic rings. The molecule has 0 saturated carbocycles. The van der Waals surface area contributed by atoms with Crippen LogP contribution in [0.4, 0.5) is 5.82 Å². The lowest BCUT2D eigenvalue weighted by Crippen LogP contribution is -2.30. The number of aromatic hydroxyl groups is 1. The van der Waals surface area contributed by atoms with Crippen LogP contribution in [-0.2, 0) is 4.79 Å². The molecule has 1 amide bonds. The zero-order valence-corrected chi connectivity index (χ0v) is 11.3. The number of nitrogens with zero attached hydrogens (tertiary/aromatic N) is 1. The van der Waals surface area contributed by atoms with E-state index in [1.54, 1.807) is 25.1 Å². The summed E-state index contributed by atoms with van der Waals surface area (Å²) < 4.78 is 5.52. The van der Waals surface area contributed by atoms with Crippen molar-refractivity contribution in [2.75, 3.05) is 5.32 Å². The summed E-state index contributed by atoms with van der Waals surface area (Å²) in [4.78, 5) is 15.8. The average molecular weight is 272 g/mol. The van der Waals surface area contributed by atoms with E-state index in [1.165, 1.54) is 12.3 Å². The first-order valence-electron chi connectivity index (χ1n) is 6.24. The largest absolute Gasteiger partial charge is 0.504 e. The van der Waals surface area contributed by atoms with Crippen molar-refractivity contribution in [3.8, 4) is 11.5 Å². The van der Waals surface area contributed by atoms with Crippen molar-refractivity contribution in [3.63, 3.8) is 0 Å². The van der Waals surface area contributed by atoms with Crippen molar-refractivity contribution in [3.05, 3.63) is 48.2 Å². The van der Waals surface area contributed by atoms with Crippen molar-refractivity contribution in [2.45, 2.75) is 20.0 Å². The molecule has 5 heteroatoms. The van der Waals surface area contributed by atoms with Crippen LogP contribution in [-0.4, -0.2) is 22.1 Å². The topological polar surface area (TPSA) is 71.5 Å². The maximum Gasteiger partial charge on any atom is 0.266 e. The summed E-state index contributed by atoms with van der Waals surface area (Å²) in [6.45, 7) is 3.61. The van der Waals surface area contributed by atoms with Gasteiger partial charge in [0.1, 0.15) is 5.75 Å². The number of pyridine rings is 1. The summed E-state index contributed by atoms with van der Waals surface area (Å²) >= 11 is 0. The highest BCUT2D eigenvalue weighted by molar-refractivity contribution is 5.94. The van der Waals surface area contributed by atoms with Crippen LogP contribution in [0.3, 0.4) is 0 Å². The predicted octanol–water partition coefficient (Wildman–Crippen LogP) is 2.50. The Bertz CT molecular complexity index is 596. The maximum absolute atomic E-state index is 11.9. The molecule has 5 nitrogen and oxygen atoms in total. The van der Waals surface area contributed by atoms with E-state index >= 15 is 0 Å². The lowest BCUT2D eigenvalue weighted by atomic mass is 10.2. The molecule has 1 unspecified atom stereocenters. The number of amides is 1. The maximum atomic E-state index is 11.9. The molecular formula is C15H16N2O3. The number of carbonyl (C=O) groups is 1. The Labute approximate surface area is 117 Å². The van der Waals surface area contributed by atoms with Crippen molar-refractivity contribution >= 4 is 11.7 Å². The second-order valence-corrected chi connectivity index (χ2v) is 4.43. The van der Waals surface area contributed by atoms with E-state index in [4.69, 9.17) is 4.74 Å². The molecule has 2 N–H and O–H groups in total. The highest BCUT2D eigenvalue weighted by Gasteiger charge is 2.16. The summed E-state index contributed by atoms with van der Waals surface area (Å²) in [6.07, 6.45) is 0.792. The van der Waals surface area contributed by atoms with Crippen LogP contribution in [0.1, 0.15) is 12.5 Å². The van der Waals surface area contributed by atoms with Gasteiger partial charge in [0, 0.05) is 6.20 Å². The molecule has 1 aromatic heterocycles. The molecule has 0 radical (unpaired) electrons. The molecule has 1 aromatic carbocycles. The van der Waals surface area contributed by atoms with E-state index in [-0.39, 0.29) is 17.5 Å². The molecule has 1 atom stereocenters. The standard InChI is InChI=1S/C15H16N2O3/c1-10-5-7-12(8-6-10)20-11(2)15(19)17-14-13(18)4-3-9-16-14/h3-9,11,18H,1-2H3,(H,16,17,19). The predicted molar refractivity (Wildman–Crippen MR) is 75.8 cm³/mol. The number of aryl methyl sites for hydroxylation is 1. The molecule has 0 saturated heterocycles. The molecular weight excluding hydrogens is 256 g/mol. The van der Waals surface area contributed by atoms with Gasteiger partial charge in [-0.15, -0.1) is 0 Å². The van der Waals surface area contributed by atoms with Gasteiger partial charge in [0.25, 0.3) is 5.91 Å². The fraction of sp³-hybridized carbons (Fsp3) is 0.200. The van der Waals surface area contributed by atoms with Crippen molar-refractivity contribution in [2.24, 2.45) is 0 Å². The van der Waals surface area contributed by atoms with E-state index < -0.39 is 6.10 Å². The minimum atomic E-state index is -0.695. The lowest BCUT2D eigenvalue weighted by molar-refractivity contribution is -0.122. The van der Waals surface area contributed by atoms with E-state index in [0.29, 0.717) is 5.75 Å². The van der Waals surface area contributed by atoms with Gasteiger partial charge in [-0.1, -0.05) is 17.7 Å². The summed E-state index contributed by atoms with van der Waals surface area (Å²) in [5.41, 5.74) is 1.12. The van der Waals surface area contributed by atoms with Crippen LogP contribution in [0.25, 0.3) is 0 Å². The number of hydrogen-bond acceptors (Lipinski definition) is 4. The normalized spacial score (nSPS) is 11.7. The number of anilines is 1. The summed E-state index contributed by atoms with van der Waals surface area (Å²) in [7, 11) is 0. The van der Waals surface area contributed by atoms with Crippen molar-refractivity contribution in [1.82, 2.24) is 4.98 Å². The highest BCUT2D eigenvalue weighted by Crippen LogP contribution is 2.19. The lowest BCUT2D eigenvalue weighted by Gasteiger charge is -2.14. The monoisotopic (exact) mass is 272 g/mol. The van der Waals surface area contributed by atoms with E-state index in [0.717, 1.165) is 5.56 Å². The minimum absolute atomic E-state index is 0.0802. The Balaban J connectivity index is 1.99. The smallest absolute Gasteiger partial charge is 0.266 e. The van der Waals surface area contributed by atoms with Crippen molar-refractivity contribution < 1.29 is 14.6 Å². The molecule has 0 aliphatic carbocycles. The zero-order chi connectivity index (χ0) is 14.5. The van der Waals surface area contributed by atoms with Gasteiger partial charge in [0.15, 0.2) is 17.7 Å². The number of hydrogen-bond donors (Lipinski definition) is 2. The molecule has 0 aliphatic heterocycles. The molecule has 0 bridgehead atoms. The molecule has 0 fully saturated rings. The van der Waals surface area contributed by atoms with Gasteiger partial charge in [0.2, 0.25) is 0 Å². The van der Waals surface area contributed by atoms with E-state index in [9.17, 15) is 9.90 Å². The Morgan fingerprint density at radius 2 is 2.00 bits per heavy atom. The van der Waals surface area contributed by atoms with Gasteiger partial charge in [-0.25, -0.2) is 4.98 Å². The second kappa shape index (κ2) is 6.06. The summed E-state index contributed by atoms with van der Waals surface area (Å²) in [5, 5.41) is 12.1. The molecule has 1 heterocycles. The van der Waals surface area contributed by atoms with Crippen molar-refractivity contribution in [1.29, 1.82) is 0 Å². The summed E-state index contributed by atoms with van der Waals surface area (Å²) in [5.74, 6) is 0.281. The highest BCUT2D eigenvalue weighted by atomic mass is 16.5. The third-order valence-electron chi connectivity index (χ3n) is 2.73. The first-order chi connectivity index (χ1) is 9.56. The Hall–Kier alpha value is -2.56. The van der Waals surface area contributed by atoms with E-state index in [1.807, 2.05) is 19.1 Å². The van der Waals surface area contributed by atoms with Crippen LogP contribution in [0.5, 0.6) is 11.5 Å². The number of nitrogens with one attached hydrogen (secondary N) is 1. The molecule has 2 aromatic rings. The van der Waals surface area contributed by atoms with Crippen LogP contribution in [0.2, 0.25) is 0 Å². The van der Waals surface area contributed by atoms with Crippen LogP contribution < -0.4 is 10.1 Å². The quantitative estimate of drug-likeness (QED) is 0.897. The molecule has 20 heavy (non-hydrogen) atoms. The summed E-state index contributed by atoms with van der Waals surface area (Å²) in [6, 6.07) is 10.5. The van der Waals surface area contributed by atoms with Crippen LogP contribution in [0, 0.1) is 6.92 Å².